The molecule has 0 saturated carbocycles. The smallest absolute Gasteiger partial charge is 0.162 e. The number of allylic oxidation sites excluding steroid dienone is 2. The Kier molecular flexibility index (Phi) is 3.66. The van der Waals surface area contributed by atoms with Crippen LogP contribution in [0.4, 0.5) is 5.82 Å². The van der Waals surface area contributed by atoms with E-state index in [-0.39, 0.29) is 16.6 Å². The summed E-state index contributed by atoms with van der Waals surface area (Å²) in [4.78, 5) is 19.2. The zero-order chi connectivity index (χ0) is 17.8. The van der Waals surface area contributed by atoms with Gasteiger partial charge in [0.05, 0.1) is 15.3 Å². The summed E-state index contributed by atoms with van der Waals surface area (Å²) in [5.74, 6) is 1.22. The van der Waals surface area contributed by atoms with E-state index in [1.165, 1.54) is 10.4 Å². The Morgan fingerprint density at radius 3 is 2.60 bits per heavy atom. The van der Waals surface area contributed by atoms with E-state index in [1.807, 2.05) is 13.0 Å². The van der Waals surface area contributed by atoms with Crippen LogP contribution in [0.25, 0.3) is 0 Å². The second kappa shape index (κ2) is 5.53. The fourth-order valence-corrected chi connectivity index (χ4v) is 5.68. The minimum absolute atomic E-state index is 0.0122. The van der Waals surface area contributed by atoms with E-state index >= 15 is 0 Å². The fraction of sp³-hybridized carbons (Fsp3) is 0.429. The average molecular weight is 353 g/mol. The Bertz CT molecular complexity index is 879. The standard InChI is InChI=1S/C21H24N2OS/c1-5-21(14-9-7-6-8-10-14)17-15(11-20(3,4)12-16(17)24)23-19-18(21)25-13(2)22-19/h6-10,23H,5,11-12H2,1-4H3/t21-/m0/s1. The third-order valence-corrected chi connectivity index (χ3v) is 6.62. The number of nitrogens with one attached hydrogen (secondary N) is 1. The van der Waals surface area contributed by atoms with Gasteiger partial charge < -0.3 is 5.32 Å². The highest BCUT2D eigenvalue weighted by atomic mass is 32.1. The van der Waals surface area contributed by atoms with Crippen molar-refractivity contribution in [1.29, 1.82) is 0 Å². The topological polar surface area (TPSA) is 42.0 Å². The second-order valence-electron chi connectivity index (χ2n) is 7.96. The first-order chi connectivity index (χ1) is 11.9. The van der Waals surface area contributed by atoms with Gasteiger partial charge in [0, 0.05) is 17.7 Å². The molecule has 2 heterocycles. The van der Waals surface area contributed by atoms with E-state index in [1.54, 1.807) is 11.3 Å². The van der Waals surface area contributed by atoms with Gasteiger partial charge in [0.15, 0.2) is 5.78 Å². The van der Waals surface area contributed by atoms with Gasteiger partial charge in [-0.25, -0.2) is 4.98 Å². The molecule has 0 saturated heterocycles. The molecule has 0 fully saturated rings. The number of carbonyl (C=O) groups excluding carboxylic acids is 1. The van der Waals surface area contributed by atoms with E-state index < -0.39 is 0 Å². The predicted octanol–water partition coefficient (Wildman–Crippen LogP) is 5.22. The van der Waals surface area contributed by atoms with Gasteiger partial charge in [0.25, 0.3) is 0 Å². The summed E-state index contributed by atoms with van der Waals surface area (Å²) in [7, 11) is 0. The highest BCUT2D eigenvalue weighted by molar-refractivity contribution is 7.12. The van der Waals surface area contributed by atoms with E-state index in [4.69, 9.17) is 4.98 Å². The Balaban J connectivity index is 2.04. The van der Waals surface area contributed by atoms with Crippen molar-refractivity contribution in [2.24, 2.45) is 5.41 Å². The van der Waals surface area contributed by atoms with Gasteiger partial charge >= 0.3 is 0 Å². The third-order valence-electron chi connectivity index (χ3n) is 5.49. The molecule has 1 atom stereocenters. The molecule has 0 spiro atoms. The van der Waals surface area contributed by atoms with Crippen molar-refractivity contribution in [3.05, 3.63) is 57.1 Å². The van der Waals surface area contributed by atoms with E-state index in [0.717, 1.165) is 34.9 Å². The van der Waals surface area contributed by atoms with Crippen LogP contribution in [0.3, 0.4) is 0 Å². The Labute approximate surface area is 153 Å². The van der Waals surface area contributed by atoms with Crippen LogP contribution in [0.2, 0.25) is 0 Å². The summed E-state index contributed by atoms with van der Waals surface area (Å²) < 4.78 is 0. The summed E-state index contributed by atoms with van der Waals surface area (Å²) >= 11 is 1.71. The molecular formula is C21H24N2OS. The Morgan fingerprint density at radius 2 is 1.92 bits per heavy atom. The lowest BCUT2D eigenvalue weighted by molar-refractivity contribution is -0.118. The van der Waals surface area contributed by atoms with Gasteiger partial charge in [-0.1, -0.05) is 51.1 Å². The average Bonchev–Trinajstić information content (AvgIpc) is 2.92. The number of anilines is 1. The quantitative estimate of drug-likeness (QED) is 0.806. The van der Waals surface area contributed by atoms with Crippen molar-refractivity contribution < 1.29 is 4.79 Å². The van der Waals surface area contributed by atoms with Crippen molar-refractivity contribution in [2.75, 3.05) is 5.32 Å². The molecule has 0 amide bonds. The first kappa shape index (κ1) is 16.5. The number of aryl methyl sites for hydroxylation is 1. The molecule has 1 aromatic carbocycles. The van der Waals surface area contributed by atoms with Gasteiger partial charge in [-0.2, -0.15) is 0 Å². The van der Waals surface area contributed by atoms with Crippen LogP contribution in [0.1, 0.15) is 55.5 Å². The molecule has 3 nitrogen and oxygen atoms in total. The molecule has 4 heteroatoms. The summed E-state index contributed by atoms with van der Waals surface area (Å²) in [5, 5.41) is 4.56. The van der Waals surface area contributed by atoms with Crippen LogP contribution in [0, 0.1) is 12.3 Å². The van der Waals surface area contributed by atoms with Gasteiger partial charge in [-0.15, -0.1) is 11.3 Å². The molecule has 4 rings (SSSR count). The first-order valence-electron chi connectivity index (χ1n) is 8.95. The number of hydrogen-bond acceptors (Lipinski definition) is 4. The Morgan fingerprint density at radius 1 is 1.20 bits per heavy atom. The Hall–Kier alpha value is -1.94. The molecule has 0 bridgehead atoms. The van der Waals surface area contributed by atoms with Gasteiger partial charge in [-0.05, 0) is 30.7 Å². The molecule has 2 aromatic rings. The lowest BCUT2D eigenvalue weighted by Crippen LogP contribution is -2.42. The number of nitrogens with zero attached hydrogens (tertiary/aromatic N) is 1. The fourth-order valence-electron chi connectivity index (χ4n) is 4.52. The normalized spacial score (nSPS) is 24.6. The van der Waals surface area contributed by atoms with Crippen molar-refractivity contribution in [3.63, 3.8) is 0 Å². The second-order valence-corrected chi connectivity index (χ2v) is 9.16. The summed E-state index contributed by atoms with van der Waals surface area (Å²) in [6, 6.07) is 10.5. The molecule has 1 aliphatic carbocycles. The maximum Gasteiger partial charge on any atom is 0.162 e. The van der Waals surface area contributed by atoms with Crippen molar-refractivity contribution >= 4 is 22.9 Å². The SMILES string of the molecule is CC[C@]1(c2ccccc2)C2=C(CC(C)(C)CC2=O)Nc2nc(C)sc21. The van der Waals surface area contributed by atoms with Crippen molar-refractivity contribution in [3.8, 4) is 0 Å². The van der Waals surface area contributed by atoms with Crippen molar-refractivity contribution in [2.45, 2.75) is 52.4 Å². The van der Waals surface area contributed by atoms with Crippen LogP contribution >= 0.6 is 11.3 Å². The lowest BCUT2D eigenvalue weighted by Gasteiger charge is -2.44. The van der Waals surface area contributed by atoms with Crippen LogP contribution in [0.15, 0.2) is 41.6 Å². The van der Waals surface area contributed by atoms with Crippen LogP contribution in [-0.2, 0) is 10.2 Å². The molecule has 130 valence electrons. The zero-order valence-electron chi connectivity index (χ0n) is 15.3. The monoisotopic (exact) mass is 352 g/mol. The molecular weight excluding hydrogens is 328 g/mol. The first-order valence-corrected chi connectivity index (χ1v) is 9.76. The molecule has 1 N–H and O–H groups in total. The number of thiazole rings is 1. The van der Waals surface area contributed by atoms with Crippen LogP contribution < -0.4 is 5.32 Å². The number of benzene rings is 1. The highest BCUT2D eigenvalue weighted by Gasteiger charge is 2.50. The maximum absolute atomic E-state index is 13.3. The van der Waals surface area contributed by atoms with E-state index in [2.05, 4.69) is 50.4 Å². The van der Waals surface area contributed by atoms with Crippen molar-refractivity contribution in [1.82, 2.24) is 4.98 Å². The number of Topliss-reactive ketones (excluding diaryl/α,β-unsaturated/α-hetero) is 1. The number of fused-ring (bicyclic) bond motifs is 1. The lowest BCUT2D eigenvalue weighted by atomic mass is 9.62. The van der Waals surface area contributed by atoms with Gasteiger partial charge in [0.2, 0.25) is 0 Å². The number of rotatable bonds is 2. The van der Waals surface area contributed by atoms with Crippen LogP contribution in [-0.4, -0.2) is 10.8 Å². The molecule has 0 radical (unpaired) electrons. The summed E-state index contributed by atoms with van der Waals surface area (Å²) in [6.45, 7) is 8.58. The number of hydrogen-bond donors (Lipinski definition) is 1. The summed E-state index contributed by atoms with van der Waals surface area (Å²) in [5.41, 5.74) is 2.85. The summed E-state index contributed by atoms with van der Waals surface area (Å²) in [6.07, 6.45) is 2.35. The minimum atomic E-state index is -0.378. The molecule has 25 heavy (non-hydrogen) atoms. The minimum Gasteiger partial charge on any atom is -0.342 e. The van der Waals surface area contributed by atoms with E-state index in [0.29, 0.717) is 6.42 Å². The predicted molar refractivity (Wildman–Crippen MR) is 103 cm³/mol. The molecule has 2 aliphatic rings. The van der Waals surface area contributed by atoms with Gasteiger partial charge in [0.1, 0.15) is 5.82 Å². The van der Waals surface area contributed by atoms with Gasteiger partial charge in [-0.3, -0.25) is 4.79 Å². The maximum atomic E-state index is 13.3. The van der Waals surface area contributed by atoms with E-state index in [9.17, 15) is 4.79 Å². The zero-order valence-corrected chi connectivity index (χ0v) is 16.1. The highest BCUT2D eigenvalue weighted by Crippen LogP contribution is 2.55. The number of aromatic nitrogens is 1. The largest absolute Gasteiger partial charge is 0.342 e. The molecule has 1 aliphatic heterocycles. The van der Waals surface area contributed by atoms with Crippen LogP contribution in [0.5, 0.6) is 0 Å². The molecule has 1 aromatic heterocycles. The number of ketones is 1. The number of carbonyl (C=O) groups is 1. The third kappa shape index (κ3) is 2.38. The molecule has 0 unspecified atom stereocenters.